The second-order valence-electron chi connectivity index (χ2n) is 10.3. The van der Waals surface area contributed by atoms with Crippen molar-refractivity contribution < 1.29 is 22.8 Å². The maximum absolute atomic E-state index is 14.3. The summed E-state index contributed by atoms with van der Waals surface area (Å²) in [6, 6.07) is 22.2. The highest BCUT2D eigenvalue weighted by atomic mass is 35.5. The molecule has 11 heteroatoms. The van der Waals surface area contributed by atoms with Crippen LogP contribution in [0.2, 0.25) is 15.1 Å². The Morgan fingerprint density at radius 1 is 0.548 bits per heavy atom. The normalized spacial score (nSPS) is 11.6. The molecule has 0 atom stereocenters. The largest absolute Gasteiger partial charge is 0.287 e. The summed E-state index contributed by atoms with van der Waals surface area (Å²) in [4.78, 5) is 41.7. The van der Waals surface area contributed by atoms with E-state index in [1.807, 2.05) is 20.8 Å². The zero-order valence-corrected chi connectivity index (χ0v) is 25.8. The Kier molecular flexibility index (Phi) is 9.13. The van der Waals surface area contributed by atoms with Crippen LogP contribution in [0.4, 0.5) is 0 Å². The zero-order chi connectivity index (χ0) is 30.8. The molecule has 4 aromatic rings. The quantitative estimate of drug-likeness (QED) is 0.164. The fourth-order valence-corrected chi connectivity index (χ4v) is 5.67. The van der Waals surface area contributed by atoms with E-state index in [2.05, 4.69) is 0 Å². The summed E-state index contributed by atoms with van der Waals surface area (Å²) in [5.41, 5.74) is 0.237. The van der Waals surface area contributed by atoms with E-state index >= 15 is 0 Å². The van der Waals surface area contributed by atoms with E-state index in [0.29, 0.717) is 20.1 Å². The van der Waals surface area contributed by atoms with E-state index in [-0.39, 0.29) is 31.4 Å². The van der Waals surface area contributed by atoms with Gasteiger partial charge in [0, 0.05) is 31.8 Å². The van der Waals surface area contributed by atoms with Gasteiger partial charge in [-0.1, -0.05) is 67.7 Å². The Balaban J connectivity index is 1.96. The lowest BCUT2D eigenvalue weighted by Crippen LogP contribution is -2.55. The average molecular weight is 644 g/mol. The van der Waals surface area contributed by atoms with Crippen molar-refractivity contribution in [3.8, 4) is 0 Å². The predicted molar refractivity (Wildman–Crippen MR) is 163 cm³/mol. The second kappa shape index (κ2) is 12.3. The summed E-state index contributed by atoms with van der Waals surface area (Å²) in [5, 5.41) is 1.23. The molecule has 0 spiro atoms. The van der Waals surface area contributed by atoms with Crippen molar-refractivity contribution in [3.05, 3.63) is 134 Å². The zero-order valence-electron chi connectivity index (χ0n) is 22.7. The summed E-state index contributed by atoms with van der Waals surface area (Å²) in [7, 11) is -4.86. The fourth-order valence-electron chi connectivity index (χ4n) is 3.92. The van der Waals surface area contributed by atoms with Gasteiger partial charge in [-0.2, -0.15) is 13.4 Å². The minimum atomic E-state index is -4.86. The average Bonchev–Trinajstić information content (AvgIpc) is 2.95. The molecule has 0 aromatic heterocycles. The smallest absolute Gasteiger partial charge is 0.267 e. The van der Waals surface area contributed by atoms with Crippen LogP contribution in [0.15, 0.2) is 102 Å². The fraction of sp³-hybridized carbons (Fsp3) is 0.129. The molecular formula is C31H25Cl3N2O5S. The Labute approximate surface area is 259 Å². The number of rotatable bonds is 5. The van der Waals surface area contributed by atoms with Gasteiger partial charge in [-0.3, -0.25) is 14.4 Å². The minimum Gasteiger partial charge on any atom is -0.267 e. The molecule has 0 fully saturated rings. The van der Waals surface area contributed by atoms with Crippen LogP contribution in [0.1, 0.15) is 57.4 Å². The molecular weight excluding hydrogens is 619 g/mol. The highest BCUT2D eigenvalue weighted by molar-refractivity contribution is 7.89. The van der Waals surface area contributed by atoms with Crippen molar-refractivity contribution in [3.63, 3.8) is 0 Å². The molecule has 0 aliphatic carbocycles. The Bertz CT molecular complexity index is 1680. The third-order valence-corrected chi connectivity index (χ3v) is 8.67. The summed E-state index contributed by atoms with van der Waals surface area (Å²) >= 11 is 18.0. The van der Waals surface area contributed by atoms with E-state index in [9.17, 15) is 22.8 Å². The molecule has 0 bridgehead atoms. The number of hydrogen-bond donors (Lipinski definition) is 0. The maximum atomic E-state index is 14.3. The van der Waals surface area contributed by atoms with E-state index in [1.54, 1.807) is 12.1 Å². The standard InChI is InChI=1S/C31H25Cl3N2O5S/c1-31(2,3)23-10-18-27(19-11-23)42(40,41)36(30(39)22-8-16-26(34)17-9-22)35(28(37)20-4-12-24(32)13-5-20)29(38)21-6-14-25(33)15-7-21/h4-19H,1-3H3. The SMILES string of the molecule is CC(C)(C)c1ccc(S(=O)(=O)N(C(=O)c2ccc(Cl)cc2)N(C(=O)c2ccc(Cl)cc2)C(=O)c2ccc(Cl)cc2)cc1. The van der Waals surface area contributed by atoms with E-state index in [4.69, 9.17) is 34.8 Å². The van der Waals surface area contributed by atoms with Crippen molar-refractivity contribution in [1.29, 1.82) is 0 Å². The molecule has 0 saturated heterocycles. The highest BCUT2D eigenvalue weighted by Crippen LogP contribution is 2.28. The highest BCUT2D eigenvalue weighted by Gasteiger charge is 2.42. The van der Waals surface area contributed by atoms with Crippen molar-refractivity contribution >= 4 is 62.5 Å². The van der Waals surface area contributed by atoms with Gasteiger partial charge in [0.2, 0.25) is 0 Å². The van der Waals surface area contributed by atoms with E-state index < -0.39 is 27.7 Å². The Morgan fingerprint density at radius 2 is 0.881 bits per heavy atom. The third-order valence-electron chi connectivity index (χ3n) is 6.26. The van der Waals surface area contributed by atoms with Crippen LogP contribution >= 0.6 is 34.8 Å². The molecule has 0 aliphatic heterocycles. The van der Waals surface area contributed by atoms with Gasteiger partial charge in [0.1, 0.15) is 0 Å². The van der Waals surface area contributed by atoms with Gasteiger partial charge >= 0.3 is 0 Å². The lowest BCUT2D eigenvalue weighted by atomic mass is 9.87. The van der Waals surface area contributed by atoms with E-state index in [0.717, 1.165) is 5.56 Å². The van der Waals surface area contributed by atoms with Crippen LogP contribution in [-0.2, 0) is 15.4 Å². The monoisotopic (exact) mass is 642 g/mol. The minimum absolute atomic E-state index is 0.0890. The first-order valence-corrected chi connectivity index (χ1v) is 15.1. The Morgan fingerprint density at radius 3 is 1.21 bits per heavy atom. The number of hydrazine groups is 1. The van der Waals surface area contributed by atoms with Gasteiger partial charge < -0.3 is 0 Å². The lowest BCUT2D eigenvalue weighted by molar-refractivity contribution is 0.0255. The topological polar surface area (TPSA) is 91.8 Å². The number of nitrogens with zero attached hydrogens (tertiary/aromatic N) is 2. The second-order valence-corrected chi connectivity index (χ2v) is 13.3. The number of benzene rings is 4. The van der Waals surface area contributed by atoms with Crippen LogP contribution in [0.3, 0.4) is 0 Å². The van der Waals surface area contributed by atoms with Gasteiger partial charge in [0.05, 0.1) is 4.90 Å². The first-order valence-electron chi connectivity index (χ1n) is 12.6. The lowest BCUT2D eigenvalue weighted by Gasteiger charge is -2.32. The third kappa shape index (κ3) is 6.68. The number of carbonyl (C=O) groups excluding carboxylic acids is 3. The van der Waals surface area contributed by atoms with Gasteiger partial charge in [0.25, 0.3) is 27.7 Å². The molecule has 3 amide bonds. The molecule has 0 radical (unpaired) electrons. The molecule has 216 valence electrons. The van der Waals surface area contributed by atoms with Gasteiger partial charge in [-0.25, -0.2) is 0 Å². The molecule has 0 unspecified atom stereocenters. The molecule has 0 aliphatic rings. The van der Waals surface area contributed by atoms with Crippen molar-refractivity contribution in [2.24, 2.45) is 0 Å². The van der Waals surface area contributed by atoms with Crippen molar-refractivity contribution in [1.82, 2.24) is 9.42 Å². The predicted octanol–water partition coefficient (Wildman–Crippen LogP) is 7.67. The van der Waals surface area contributed by atoms with Crippen LogP contribution in [0, 0.1) is 0 Å². The summed E-state index contributed by atoms with van der Waals surface area (Å²) < 4.78 is 28.8. The van der Waals surface area contributed by atoms with Crippen LogP contribution < -0.4 is 0 Å². The van der Waals surface area contributed by atoms with Crippen LogP contribution in [-0.4, -0.2) is 35.6 Å². The van der Waals surface area contributed by atoms with E-state index in [1.165, 1.54) is 84.9 Å². The molecule has 7 nitrogen and oxygen atoms in total. The number of sulfonamides is 1. The van der Waals surface area contributed by atoms with Crippen LogP contribution in [0.25, 0.3) is 0 Å². The van der Waals surface area contributed by atoms with Gasteiger partial charge in [-0.15, -0.1) is 4.41 Å². The molecule has 4 rings (SSSR count). The van der Waals surface area contributed by atoms with Crippen molar-refractivity contribution in [2.75, 3.05) is 0 Å². The number of carbonyl (C=O) groups is 3. The maximum Gasteiger partial charge on any atom is 0.287 e. The molecule has 0 heterocycles. The summed E-state index contributed by atoms with van der Waals surface area (Å²) in [6.07, 6.45) is 0. The van der Waals surface area contributed by atoms with Crippen molar-refractivity contribution in [2.45, 2.75) is 31.1 Å². The molecule has 0 saturated carbocycles. The number of imide groups is 1. The number of halogens is 3. The first-order chi connectivity index (χ1) is 19.7. The number of hydrogen-bond acceptors (Lipinski definition) is 5. The molecule has 4 aromatic carbocycles. The van der Waals surface area contributed by atoms with Gasteiger partial charge in [0.15, 0.2) is 0 Å². The summed E-state index contributed by atoms with van der Waals surface area (Å²) in [5.74, 6) is -3.32. The molecule has 0 N–H and O–H groups in total. The van der Waals surface area contributed by atoms with Crippen LogP contribution in [0.5, 0.6) is 0 Å². The summed E-state index contributed by atoms with van der Waals surface area (Å²) in [6.45, 7) is 5.89. The molecule has 42 heavy (non-hydrogen) atoms. The number of amides is 3. The first kappa shape index (κ1) is 31.3. The van der Waals surface area contributed by atoms with Gasteiger partial charge in [-0.05, 0) is 95.9 Å². The Hall–Kier alpha value is -3.69.